The molecule has 2 atom stereocenters. The van der Waals surface area contributed by atoms with Crippen LogP contribution in [0.3, 0.4) is 0 Å². The molecule has 0 radical (unpaired) electrons. The van der Waals surface area contributed by atoms with E-state index in [0.717, 1.165) is 56.6 Å². The number of aryl methyl sites for hydroxylation is 1. The fourth-order valence-corrected chi connectivity index (χ4v) is 4.15. The molecule has 8 nitrogen and oxygen atoms in total. The third kappa shape index (κ3) is 3.84. The van der Waals surface area contributed by atoms with Crippen molar-refractivity contribution < 1.29 is 0 Å². The van der Waals surface area contributed by atoms with E-state index in [1.54, 1.807) is 0 Å². The first-order chi connectivity index (χ1) is 13.3. The molecule has 1 fully saturated rings. The molecule has 1 N–H and O–H groups in total. The van der Waals surface area contributed by atoms with E-state index in [9.17, 15) is 0 Å². The van der Waals surface area contributed by atoms with Gasteiger partial charge in [-0.3, -0.25) is 0 Å². The molecule has 0 aliphatic carbocycles. The Bertz CT molecular complexity index is 763. The number of aromatic nitrogens is 5. The standard InChI is InChI=1S/C19H30N8/c1-3-21-19(22-12-18-24-23-17-6-4-5-9-27(17)18)25-10-7-15(2)16(13-25)26-11-8-20-14-26/h8,11,14-16H,3-7,9-10,12-13H2,1-2H3,(H,21,22). The lowest BCUT2D eigenvalue weighted by Gasteiger charge is -2.39. The predicted octanol–water partition coefficient (Wildman–Crippen LogP) is 1.86. The van der Waals surface area contributed by atoms with E-state index in [1.807, 2.05) is 12.5 Å². The van der Waals surface area contributed by atoms with Gasteiger partial charge in [-0.2, -0.15) is 0 Å². The number of nitrogens with zero attached hydrogens (tertiary/aromatic N) is 7. The van der Waals surface area contributed by atoms with E-state index >= 15 is 0 Å². The summed E-state index contributed by atoms with van der Waals surface area (Å²) in [5.41, 5.74) is 0. The van der Waals surface area contributed by atoms with E-state index < -0.39 is 0 Å². The Morgan fingerprint density at radius 1 is 1.30 bits per heavy atom. The van der Waals surface area contributed by atoms with Crippen LogP contribution in [0.2, 0.25) is 0 Å². The van der Waals surface area contributed by atoms with Crippen LogP contribution in [-0.2, 0) is 19.5 Å². The fraction of sp³-hybridized carbons (Fsp3) is 0.684. The molecule has 4 rings (SSSR count). The highest BCUT2D eigenvalue weighted by atomic mass is 15.3. The zero-order valence-corrected chi connectivity index (χ0v) is 16.4. The summed E-state index contributed by atoms with van der Waals surface area (Å²) in [6.07, 6.45) is 10.5. The number of hydrogen-bond donors (Lipinski definition) is 1. The first kappa shape index (κ1) is 18.0. The van der Waals surface area contributed by atoms with Gasteiger partial charge in [0.25, 0.3) is 0 Å². The highest BCUT2D eigenvalue weighted by Gasteiger charge is 2.29. The molecule has 4 heterocycles. The minimum Gasteiger partial charge on any atom is -0.357 e. The Morgan fingerprint density at radius 3 is 3.04 bits per heavy atom. The van der Waals surface area contributed by atoms with Gasteiger partial charge < -0.3 is 19.4 Å². The molecule has 8 heteroatoms. The minimum absolute atomic E-state index is 0.422. The van der Waals surface area contributed by atoms with Crippen molar-refractivity contribution in [3.8, 4) is 0 Å². The fourth-order valence-electron chi connectivity index (χ4n) is 4.15. The van der Waals surface area contributed by atoms with Crippen molar-refractivity contribution in [1.82, 2.24) is 34.5 Å². The molecule has 146 valence electrons. The summed E-state index contributed by atoms with van der Waals surface area (Å²) in [6, 6.07) is 0.422. The number of fused-ring (bicyclic) bond motifs is 1. The maximum Gasteiger partial charge on any atom is 0.194 e. The summed E-state index contributed by atoms with van der Waals surface area (Å²) in [5, 5.41) is 12.2. The van der Waals surface area contributed by atoms with E-state index in [0.29, 0.717) is 18.5 Å². The van der Waals surface area contributed by atoms with E-state index in [1.165, 1.54) is 12.8 Å². The van der Waals surface area contributed by atoms with Crippen LogP contribution in [-0.4, -0.2) is 54.8 Å². The molecule has 1 saturated heterocycles. The van der Waals surface area contributed by atoms with Crippen LogP contribution in [0, 0.1) is 5.92 Å². The average Bonchev–Trinajstić information content (AvgIpc) is 3.36. The van der Waals surface area contributed by atoms with Crippen LogP contribution in [0.1, 0.15) is 50.8 Å². The van der Waals surface area contributed by atoms with E-state index in [4.69, 9.17) is 4.99 Å². The summed E-state index contributed by atoms with van der Waals surface area (Å²) in [6.45, 7) is 8.88. The maximum atomic E-state index is 4.91. The largest absolute Gasteiger partial charge is 0.357 e. The highest BCUT2D eigenvalue weighted by molar-refractivity contribution is 5.80. The molecular weight excluding hydrogens is 340 g/mol. The van der Waals surface area contributed by atoms with Crippen molar-refractivity contribution in [3.05, 3.63) is 30.4 Å². The van der Waals surface area contributed by atoms with Crippen molar-refractivity contribution in [2.75, 3.05) is 19.6 Å². The molecule has 2 aromatic heterocycles. The maximum absolute atomic E-state index is 4.91. The molecule has 0 bridgehead atoms. The highest BCUT2D eigenvalue weighted by Crippen LogP contribution is 2.27. The van der Waals surface area contributed by atoms with Gasteiger partial charge in [0.1, 0.15) is 12.4 Å². The molecule has 0 aromatic carbocycles. The molecule has 0 spiro atoms. The Balaban J connectivity index is 1.50. The van der Waals surface area contributed by atoms with Gasteiger partial charge in [0.2, 0.25) is 0 Å². The predicted molar refractivity (Wildman–Crippen MR) is 104 cm³/mol. The van der Waals surface area contributed by atoms with Gasteiger partial charge in [0.05, 0.1) is 12.4 Å². The second-order valence-corrected chi connectivity index (χ2v) is 7.60. The van der Waals surface area contributed by atoms with Crippen LogP contribution < -0.4 is 5.32 Å². The van der Waals surface area contributed by atoms with E-state index in [2.05, 4.69) is 54.6 Å². The average molecular weight is 371 g/mol. The summed E-state index contributed by atoms with van der Waals surface area (Å²) >= 11 is 0. The Morgan fingerprint density at radius 2 is 2.22 bits per heavy atom. The monoisotopic (exact) mass is 370 g/mol. The number of aliphatic imine (C=N–C) groups is 1. The third-order valence-electron chi connectivity index (χ3n) is 5.77. The summed E-state index contributed by atoms with van der Waals surface area (Å²) in [4.78, 5) is 11.5. The molecule has 2 unspecified atom stereocenters. The lowest BCUT2D eigenvalue weighted by molar-refractivity contribution is 0.189. The van der Waals surface area contributed by atoms with Crippen LogP contribution in [0.25, 0.3) is 0 Å². The van der Waals surface area contributed by atoms with E-state index in [-0.39, 0.29) is 0 Å². The van der Waals surface area contributed by atoms with Gasteiger partial charge in [-0.15, -0.1) is 10.2 Å². The Labute approximate surface area is 160 Å². The smallest absolute Gasteiger partial charge is 0.194 e. The second kappa shape index (κ2) is 8.10. The zero-order valence-electron chi connectivity index (χ0n) is 16.4. The zero-order chi connectivity index (χ0) is 18.6. The lowest BCUT2D eigenvalue weighted by Crippen LogP contribution is -2.49. The molecule has 2 aromatic rings. The van der Waals surface area contributed by atoms with Crippen LogP contribution >= 0.6 is 0 Å². The Kier molecular flexibility index (Phi) is 5.40. The molecule has 0 saturated carbocycles. The van der Waals surface area contributed by atoms with Gasteiger partial charge in [-0.1, -0.05) is 6.92 Å². The lowest BCUT2D eigenvalue weighted by atomic mass is 9.93. The molecule has 2 aliphatic rings. The number of rotatable bonds is 4. The summed E-state index contributed by atoms with van der Waals surface area (Å²) in [5.74, 6) is 3.70. The van der Waals surface area contributed by atoms with Gasteiger partial charge in [0.15, 0.2) is 11.8 Å². The van der Waals surface area contributed by atoms with Gasteiger partial charge in [-0.05, 0) is 32.1 Å². The van der Waals surface area contributed by atoms with Crippen molar-refractivity contribution in [1.29, 1.82) is 0 Å². The molecule has 0 amide bonds. The van der Waals surface area contributed by atoms with Crippen molar-refractivity contribution in [3.63, 3.8) is 0 Å². The SMILES string of the molecule is CCNC(=NCc1nnc2n1CCCC2)N1CCC(C)C(n2ccnc2)C1. The second-order valence-electron chi connectivity index (χ2n) is 7.60. The molecule has 2 aliphatic heterocycles. The number of nitrogens with one attached hydrogen (secondary N) is 1. The third-order valence-corrected chi connectivity index (χ3v) is 5.77. The molecule has 27 heavy (non-hydrogen) atoms. The van der Waals surface area contributed by atoms with Crippen LogP contribution in [0.5, 0.6) is 0 Å². The van der Waals surface area contributed by atoms with Crippen molar-refractivity contribution in [2.45, 2.75) is 58.7 Å². The first-order valence-corrected chi connectivity index (χ1v) is 10.2. The number of piperidine rings is 1. The quantitative estimate of drug-likeness (QED) is 0.657. The van der Waals surface area contributed by atoms with Gasteiger partial charge >= 0.3 is 0 Å². The van der Waals surface area contributed by atoms with Gasteiger partial charge in [-0.25, -0.2) is 9.98 Å². The van der Waals surface area contributed by atoms with Crippen LogP contribution in [0.15, 0.2) is 23.7 Å². The summed E-state index contributed by atoms with van der Waals surface area (Å²) < 4.78 is 4.48. The number of likely N-dealkylation sites (tertiary alicyclic amines) is 1. The summed E-state index contributed by atoms with van der Waals surface area (Å²) in [7, 11) is 0. The van der Waals surface area contributed by atoms with Gasteiger partial charge in [0, 0.05) is 45.0 Å². The molecular formula is C19H30N8. The van der Waals surface area contributed by atoms with Crippen molar-refractivity contribution in [2.24, 2.45) is 10.9 Å². The topological polar surface area (TPSA) is 76.2 Å². The normalized spacial score (nSPS) is 23.3. The van der Waals surface area contributed by atoms with Crippen LogP contribution in [0.4, 0.5) is 0 Å². The first-order valence-electron chi connectivity index (χ1n) is 10.2. The number of imidazole rings is 1. The number of hydrogen-bond acceptors (Lipinski definition) is 4. The Hall–Kier alpha value is -2.38. The van der Waals surface area contributed by atoms with Crippen molar-refractivity contribution >= 4 is 5.96 Å². The minimum atomic E-state index is 0.422. The number of guanidine groups is 1.